The Kier molecular flexibility index (Phi) is 3.52. The van der Waals surface area contributed by atoms with Crippen molar-refractivity contribution in [3.8, 4) is 5.75 Å². The first kappa shape index (κ1) is 12.0. The number of rotatable bonds is 2. The zero-order valence-electron chi connectivity index (χ0n) is 10.7. The summed E-state index contributed by atoms with van der Waals surface area (Å²) in [7, 11) is 0. The van der Waals surface area contributed by atoms with Gasteiger partial charge in [-0.3, -0.25) is 0 Å². The van der Waals surface area contributed by atoms with Gasteiger partial charge in [-0.25, -0.2) is 0 Å². The van der Waals surface area contributed by atoms with E-state index in [4.69, 9.17) is 15.2 Å². The van der Waals surface area contributed by atoms with Crippen LogP contribution in [0, 0.1) is 0 Å². The molecule has 0 aromatic heterocycles. The van der Waals surface area contributed by atoms with Gasteiger partial charge in [0.1, 0.15) is 11.9 Å². The maximum absolute atomic E-state index is 6.17. The summed E-state index contributed by atoms with van der Waals surface area (Å²) in [4.78, 5) is 0. The molecule has 0 radical (unpaired) electrons. The average Bonchev–Trinajstić information content (AvgIpc) is 2.41. The third kappa shape index (κ3) is 2.52. The summed E-state index contributed by atoms with van der Waals surface area (Å²) in [6.45, 7) is 1.63. The van der Waals surface area contributed by atoms with E-state index in [1.165, 1.54) is 17.5 Å². The molecule has 1 aromatic rings. The molecule has 1 aliphatic carbocycles. The molecule has 0 bridgehead atoms. The number of nitrogens with two attached hydrogens (primary N) is 1. The second-order valence-corrected chi connectivity index (χ2v) is 5.29. The van der Waals surface area contributed by atoms with Gasteiger partial charge in [0.25, 0.3) is 0 Å². The summed E-state index contributed by atoms with van der Waals surface area (Å²) in [5.74, 6) is 0.970. The highest BCUT2D eigenvalue weighted by Crippen LogP contribution is 2.31. The van der Waals surface area contributed by atoms with Crippen LogP contribution in [-0.4, -0.2) is 19.3 Å². The fraction of sp³-hybridized carbons (Fsp3) is 0.600. The minimum absolute atomic E-state index is 0.187. The van der Waals surface area contributed by atoms with Crippen molar-refractivity contribution in [1.29, 1.82) is 0 Å². The Balaban J connectivity index is 1.74. The molecule has 18 heavy (non-hydrogen) atoms. The van der Waals surface area contributed by atoms with Crippen molar-refractivity contribution >= 4 is 0 Å². The number of ether oxygens (including phenoxy) is 2. The van der Waals surface area contributed by atoms with Crippen LogP contribution in [0.3, 0.4) is 0 Å². The lowest BCUT2D eigenvalue weighted by molar-refractivity contribution is 0.0255. The Hall–Kier alpha value is -1.06. The van der Waals surface area contributed by atoms with Gasteiger partial charge in [-0.15, -0.1) is 0 Å². The predicted octanol–water partition coefficient (Wildman–Crippen LogP) is 2.58. The third-order valence-electron chi connectivity index (χ3n) is 3.95. The molecule has 1 aromatic carbocycles. The summed E-state index contributed by atoms with van der Waals surface area (Å²) in [5, 5.41) is 0. The number of aryl methyl sites for hydroxylation is 1. The highest BCUT2D eigenvalue weighted by molar-refractivity contribution is 5.39. The van der Waals surface area contributed by atoms with E-state index in [2.05, 4.69) is 18.2 Å². The Morgan fingerprint density at radius 3 is 2.83 bits per heavy atom. The van der Waals surface area contributed by atoms with E-state index < -0.39 is 0 Å². The summed E-state index contributed by atoms with van der Waals surface area (Å²) >= 11 is 0. The number of fused-ring (bicyclic) bond motifs is 1. The first-order chi connectivity index (χ1) is 8.83. The second kappa shape index (κ2) is 5.29. The van der Waals surface area contributed by atoms with Crippen molar-refractivity contribution in [2.24, 2.45) is 5.73 Å². The van der Waals surface area contributed by atoms with Crippen LogP contribution in [0.25, 0.3) is 0 Å². The van der Waals surface area contributed by atoms with Crippen LogP contribution < -0.4 is 10.5 Å². The molecule has 3 rings (SSSR count). The smallest absolute Gasteiger partial charge is 0.120 e. The Morgan fingerprint density at radius 2 is 2.00 bits per heavy atom. The van der Waals surface area contributed by atoms with Crippen molar-refractivity contribution in [1.82, 2.24) is 0 Å². The molecule has 1 saturated heterocycles. The van der Waals surface area contributed by atoms with Gasteiger partial charge in [0, 0.05) is 18.9 Å². The van der Waals surface area contributed by atoms with Crippen LogP contribution >= 0.6 is 0 Å². The van der Waals surface area contributed by atoms with Gasteiger partial charge in [-0.2, -0.15) is 0 Å². The second-order valence-electron chi connectivity index (χ2n) is 5.29. The van der Waals surface area contributed by atoms with Gasteiger partial charge < -0.3 is 15.2 Å². The SMILES string of the molecule is NC1CCCc2ccc(OC3CCOCC3)cc21. The maximum atomic E-state index is 6.17. The molecule has 0 saturated carbocycles. The van der Waals surface area contributed by atoms with E-state index in [9.17, 15) is 0 Å². The van der Waals surface area contributed by atoms with Crippen LogP contribution in [0.5, 0.6) is 5.75 Å². The molecule has 98 valence electrons. The van der Waals surface area contributed by atoms with Crippen molar-refractivity contribution in [3.05, 3.63) is 29.3 Å². The molecule has 1 aliphatic heterocycles. The lowest BCUT2D eigenvalue weighted by atomic mass is 9.88. The van der Waals surface area contributed by atoms with Crippen molar-refractivity contribution in [2.45, 2.75) is 44.2 Å². The van der Waals surface area contributed by atoms with Gasteiger partial charge in [0.05, 0.1) is 13.2 Å². The average molecular weight is 247 g/mol. The molecular formula is C15H21NO2. The largest absolute Gasteiger partial charge is 0.490 e. The van der Waals surface area contributed by atoms with Crippen LogP contribution in [0.4, 0.5) is 0 Å². The van der Waals surface area contributed by atoms with E-state index in [1.54, 1.807) is 0 Å². The predicted molar refractivity (Wildman–Crippen MR) is 70.8 cm³/mol. The zero-order valence-corrected chi connectivity index (χ0v) is 10.7. The van der Waals surface area contributed by atoms with E-state index in [0.717, 1.165) is 44.6 Å². The standard InChI is InChI=1S/C15H21NO2/c16-15-3-1-2-11-4-5-13(10-14(11)15)18-12-6-8-17-9-7-12/h4-5,10,12,15H,1-3,6-9,16H2. The molecule has 2 aliphatic rings. The third-order valence-corrected chi connectivity index (χ3v) is 3.95. The summed E-state index contributed by atoms with van der Waals surface area (Å²) < 4.78 is 11.4. The highest BCUT2D eigenvalue weighted by Gasteiger charge is 2.19. The van der Waals surface area contributed by atoms with Crippen LogP contribution in [0.1, 0.15) is 42.9 Å². The Labute approximate surface area is 108 Å². The lowest BCUT2D eigenvalue weighted by Gasteiger charge is -2.26. The van der Waals surface area contributed by atoms with Gasteiger partial charge in [0.15, 0.2) is 0 Å². The van der Waals surface area contributed by atoms with E-state index in [1.807, 2.05) is 0 Å². The van der Waals surface area contributed by atoms with Gasteiger partial charge in [-0.05, 0) is 42.5 Å². The normalized spacial score (nSPS) is 24.6. The van der Waals surface area contributed by atoms with Crippen molar-refractivity contribution < 1.29 is 9.47 Å². The molecule has 1 unspecified atom stereocenters. The summed E-state index contributed by atoms with van der Waals surface area (Å²) in [6.07, 6.45) is 5.73. The quantitative estimate of drug-likeness (QED) is 0.873. The van der Waals surface area contributed by atoms with Gasteiger partial charge >= 0.3 is 0 Å². The Morgan fingerprint density at radius 1 is 1.17 bits per heavy atom. The first-order valence-corrected chi connectivity index (χ1v) is 6.96. The molecule has 0 spiro atoms. The first-order valence-electron chi connectivity index (χ1n) is 6.96. The van der Waals surface area contributed by atoms with E-state index >= 15 is 0 Å². The molecule has 1 atom stereocenters. The molecule has 3 nitrogen and oxygen atoms in total. The molecule has 3 heteroatoms. The van der Waals surface area contributed by atoms with Crippen LogP contribution in [-0.2, 0) is 11.2 Å². The topological polar surface area (TPSA) is 44.5 Å². The number of hydrogen-bond donors (Lipinski definition) is 1. The fourth-order valence-electron chi connectivity index (χ4n) is 2.87. The van der Waals surface area contributed by atoms with Gasteiger partial charge in [-0.1, -0.05) is 6.07 Å². The molecular weight excluding hydrogens is 226 g/mol. The van der Waals surface area contributed by atoms with Crippen molar-refractivity contribution in [2.75, 3.05) is 13.2 Å². The van der Waals surface area contributed by atoms with E-state index in [0.29, 0.717) is 6.10 Å². The van der Waals surface area contributed by atoms with Crippen LogP contribution in [0.15, 0.2) is 18.2 Å². The molecule has 0 amide bonds. The van der Waals surface area contributed by atoms with Crippen LogP contribution in [0.2, 0.25) is 0 Å². The molecule has 1 fully saturated rings. The van der Waals surface area contributed by atoms with Gasteiger partial charge in [0.2, 0.25) is 0 Å². The van der Waals surface area contributed by atoms with Crippen molar-refractivity contribution in [3.63, 3.8) is 0 Å². The molecule has 2 N–H and O–H groups in total. The minimum atomic E-state index is 0.187. The fourth-order valence-corrected chi connectivity index (χ4v) is 2.87. The highest BCUT2D eigenvalue weighted by atomic mass is 16.5. The number of hydrogen-bond acceptors (Lipinski definition) is 3. The summed E-state index contributed by atoms with van der Waals surface area (Å²) in [5.41, 5.74) is 8.85. The molecule has 1 heterocycles. The summed E-state index contributed by atoms with van der Waals surface area (Å²) in [6, 6.07) is 6.61. The zero-order chi connectivity index (χ0) is 12.4. The Bertz CT molecular complexity index is 413. The minimum Gasteiger partial charge on any atom is -0.490 e. The lowest BCUT2D eigenvalue weighted by Crippen LogP contribution is -2.26. The monoisotopic (exact) mass is 247 g/mol. The maximum Gasteiger partial charge on any atom is 0.120 e. The number of benzene rings is 1. The van der Waals surface area contributed by atoms with E-state index in [-0.39, 0.29) is 6.04 Å².